The maximum atomic E-state index is 12.2. The summed E-state index contributed by atoms with van der Waals surface area (Å²) in [5, 5.41) is 2.96. The van der Waals surface area contributed by atoms with E-state index >= 15 is 0 Å². The van der Waals surface area contributed by atoms with Crippen LogP contribution >= 0.6 is 22.9 Å². The van der Waals surface area contributed by atoms with Gasteiger partial charge in [0.2, 0.25) is 0 Å². The Morgan fingerprint density at radius 3 is 2.68 bits per heavy atom. The van der Waals surface area contributed by atoms with E-state index in [1.807, 2.05) is 26.0 Å². The van der Waals surface area contributed by atoms with Crippen LogP contribution in [0.15, 0.2) is 30.3 Å². The third-order valence-electron chi connectivity index (χ3n) is 2.86. The van der Waals surface area contributed by atoms with Gasteiger partial charge in [0.05, 0.1) is 10.4 Å². The lowest BCUT2D eigenvalue weighted by molar-refractivity contribution is 0.0940. The average Bonchev–Trinajstić information content (AvgIpc) is 2.75. The van der Waals surface area contributed by atoms with Crippen molar-refractivity contribution >= 4 is 34.5 Å². The van der Waals surface area contributed by atoms with E-state index in [0.717, 1.165) is 14.8 Å². The van der Waals surface area contributed by atoms with Crippen molar-refractivity contribution in [2.75, 3.05) is 5.73 Å². The summed E-state index contributed by atoms with van der Waals surface area (Å²) in [6.07, 6.45) is 0. The van der Waals surface area contributed by atoms with Gasteiger partial charge in [0.25, 0.3) is 5.91 Å². The largest absolute Gasteiger partial charge is 0.399 e. The Morgan fingerprint density at radius 1 is 1.37 bits per heavy atom. The first-order valence-corrected chi connectivity index (χ1v) is 7.09. The van der Waals surface area contributed by atoms with Crippen LogP contribution in [0.3, 0.4) is 0 Å². The first-order valence-electron chi connectivity index (χ1n) is 5.89. The molecule has 0 aliphatic heterocycles. The van der Waals surface area contributed by atoms with E-state index in [1.165, 1.54) is 11.3 Å². The number of nitrogens with two attached hydrogens (primary N) is 1. The van der Waals surface area contributed by atoms with E-state index in [4.69, 9.17) is 17.3 Å². The summed E-state index contributed by atoms with van der Waals surface area (Å²) >= 11 is 7.36. The van der Waals surface area contributed by atoms with Crippen LogP contribution < -0.4 is 11.1 Å². The first kappa shape index (κ1) is 13.9. The number of amides is 1. The second-order valence-electron chi connectivity index (χ2n) is 4.41. The lowest BCUT2D eigenvalue weighted by Crippen LogP contribution is -2.26. The third-order valence-corrected chi connectivity index (χ3v) is 4.28. The molecule has 0 saturated heterocycles. The van der Waals surface area contributed by atoms with Crippen molar-refractivity contribution in [3.8, 4) is 0 Å². The van der Waals surface area contributed by atoms with E-state index in [0.29, 0.717) is 11.3 Å². The summed E-state index contributed by atoms with van der Waals surface area (Å²) in [6, 6.07) is 8.96. The predicted octanol–water partition coefficient (Wildman–Crippen LogP) is 3.78. The summed E-state index contributed by atoms with van der Waals surface area (Å²) in [5.74, 6) is -0.102. The van der Waals surface area contributed by atoms with Crippen molar-refractivity contribution in [2.24, 2.45) is 0 Å². The van der Waals surface area contributed by atoms with Crippen molar-refractivity contribution in [1.82, 2.24) is 5.32 Å². The van der Waals surface area contributed by atoms with Crippen LogP contribution in [0.1, 0.15) is 33.8 Å². The van der Waals surface area contributed by atoms with Crippen molar-refractivity contribution < 1.29 is 4.79 Å². The van der Waals surface area contributed by atoms with E-state index in [9.17, 15) is 4.79 Å². The van der Waals surface area contributed by atoms with Crippen molar-refractivity contribution in [3.63, 3.8) is 0 Å². The van der Waals surface area contributed by atoms with Gasteiger partial charge < -0.3 is 11.1 Å². The molecule has 0 bridgehead atoms. The zero-order valence-electron chi connectivity index (χ0n) is 10.7. The lowest BCUT2D eigenvalue weighted by atomic mass is 10.1. The molecule has 0 fully saturated rings. The highest BCUT2D eigenvalue weighted by Crippen LogP contribution is 2.27. The van der Waals surface area contributed by atoms with Gasteiger partial charge in [-0.15, -0.1) is 11.3 Å². The lowest BCUT2D eigenvalue weighted by Gasteiger charge is -2.13. The normalized spacial score (nSPS) is 12.2. The van der Waals surface area contributed by atoms with Crippen LogP contribution in [0.25, 0.3) is 0 Å². The molecule has 0 aliphatic rings. The van der Waals surface area contributed by atoms with Gasteiger partial charge in [-0.1, -0.05) is 11.6 Å². The number of rotatable bonds is 3. The molecule has 5 heteroatoms. The minimum Gasteiger partial charge on any atom is -0.399 e. The van der Waals surface area contributed by atoms with E-state index in [2.05, 4.69) is 5.32 Å². The number of aryl methyl sites for hydroxylation is 1. The fraction of sp³-hybridized carbons (Fsp3) is 0.214. The fourth-order valence-electron chi connectivity index (χ4n) is 1.85. The summed E-state index contributed by atoms with van der Waals surface area (Å²) in [5.41, 5.74) is 7.85. The van der Waals surface area contributed by atoms with Gasteiger partial charge >= 0.3 is 0 Å². The zero-order valence-corrected chi connectivity index (χ0v) is 12.3. The molecule has 1 unspecified atom stereocenters. The third kappa shape index (κ3) is 3.28. The molecule has 1 heterocycles. The number of nitrogens with one attached hydrogen (secondary N) is 1. The van der Waals surface area contributed by atoms with Gasteiger partial charge in [0, 0.05) is 16.1 Å². The van der Waals surface area contributed by atoms with E-state index < -0.39 is 0 Å². The molecule has 3 N–H and O–H groups in total. The predicted molar refractivity (Wildman–Crippen MR) is 80.8 cm³/mol. The number of benzene rings is 1. The molecule has 2 rings (SSSR count). The second kappa shape index (κ2) is 5.63. The minimum atomic E-state index is -0.102. The molecule has 1 aromatic heterocycles. The van der Waals surface area contributed by atoms with Crippen LogP contribution in [0.2, 0.25) is 4.34 Å². The van der Waals surface area contributed by atoms with Gasteiger partial charge in [-0.3, -0.25) is 4.79 Å². The zero-order chi connectivity index (χ0) is 14.0. The summed E-state index contributed by atoms with van der Waals surface area (Å²) < 4.78 is 0.722. The number of anilines is 1. The van der Waals surface area contributed by atoms with Gasteiger partial charge in [0.1, 0.15) is 0 Å². The van der Waals surface area contributed by atoms with Crippen molar-refractivity contribution in [3.05, 3.63) is 50.7 Å². The summed E-state index contributed by atoms with van der Waals surface area (Å²) in [4.78, 5) is 13.2. The number of nitrogen functional groups attached to an aromatic ring is 1. The average molecular weight is 295 g/mol. The molecule has 19 heavy (non-hydrogen) atoms. The molecule has 0 spiro atoms. The quantitative estimate of drug-likeness (QED) is 0.846. The Balaban J connectivity index is 2.12. The molecule has 0 aliphatic carbocycles. The van der Waals surface area contributed by atoms with Gasteiger partial charge in [0.15, 0.2) is 0 Å². The van der Waals surface area contributed by atoms with E-state index in [-0.39, 0.29) is 11.9 Å². The molecule has 2 aromatic rings. The summed E-state index contributed by atoms with van der Waals surface area (Å²) in [6.45, 7) is 3.81. The van der Waals surface area contributed by atoms with Crippen molar-refractivity contribution in [1.29, 1.82) is 0 Å². The SMILES string of the molecule is Cc1cc(N)ccc1C(=O)NC(C)c1ccc(Cl)s1. The Kier molecular flexibility index (Phi) is 4.12. The van der Waals surface area contributed by atoms with E-state index in [1.54, 1.807) is 18.2 Å². The maximum absolute atomic E-state index is 12.2. The number of carbonyl (C=O) groups excluding carboxylic acids is 1. The van der Waals surface area contributed by atoms with Crippen LogP contribution in [-0.2, 0) is 0 Å². The number of halogens is 1. The molecular formula is C14H15ClN2OS. The van der Waals surface area contributed by atoms with Crippen LogP contribution in [0.4, 0.5) is 5.69 Å². The number of carbonyl (C=O) groups is 1. The Bertz CT molecular complexity index is 609. The topological polar surface area (TPSA) is 55.1 Å². The standard InChI is InChI=1S/C14H15ClN2OS/c1-8-7-10(16)3-4-11(8)14(18)17-9(2)12-5-6-13(15)19-12/h3-7,9H,16H2,1-2H3,(H,17,18). The van der Waals surface area contributed by atoms with Crippen LogP contribution in [0, 0.1) is 6.92 Å². The first-order chi connectivity index (χ1) is 8.97. The highest BCUT2D eigenvalue weighted by Gasteiger charge is 2.14. The minimum absolute atomic E-state index is 0.0676. The molecule has 1 atom stereocenters. The Hall–Kier alpha value is -1.52. The summed E-state index contributed by atoms with van der Waals surface area (Å²) in [7, 11) is 0. The Morgan fingerprint density at radius 2 is 2.11 bits per heavy atom. The number of thiophene rings is 1. The fourth-order valence-corrected chi connectivity index (χ4v) is 2.91. The smallest absolute Gasteiger partial charge is 0.252 e. The number of hydrogen-bond acceptors (Lipinski definition) is 3. The molecule has 100 valence electrons. The molecule has 1 aromatic carbocycles. The highest BCUT2D eigenvalue weighted by atomic mass is 35.5. The van der Waals surface area contributed by atoms with Crippen LogP contribution in [0.5, 0.6) is 0 Å². The Labute approximate surface area is 121 Å². The van der Waals surface area contributed by atoms with Gasteiger partial charge in [-0.05, 0) is 49.7 Å². The molecular weight excluding hydrogens is 280 g/mol. The van der Waals surface area contributed by atoms with Gasteiger partial charge in [-0.2, -0.15) is 0 Å². The van der Waals surface area contributed by atoms with Gasteiger partial charge in [-0.25, -0.2) is 0 Å². The molecule has 0 saturated carbocycles. The maximum Gasteiger partial charge on any atom is 0.252 e. The monoisotopic (exact) mass is 294 g/mol. The van der Waals surface area contributed by atoms with Crippen molar-refractivity contribution in [2.45, 2.75) is 19.9 Å². The number of hydrogen-bond donors (Lipinski definition) is 2. The highest BCUT2D eigenvalue weighted by molar-refractivity contribution is 7.16. The molecule has 1 amide bonds. The second-order valence-corrected chi connectivity index (χ2v) is 6.16. The van der Waals surface area contributed by atoms with Crippen LogP contribution in [-0.4, -0.2) is 5.91 Å². The molecule has 0 radical (unpaired) electrons. The molecule has 3 nitrogen and oxygen atoms in total.